The summed E-state index contributed by atoms with van der Waals surface area (Å²) in [5, 5.41) is 8.44. The van der Waals surface area contributed by atoms with Gasteiger partial charge in [-0.25, -0.2) is 0 Å². The minimum atomic E-state index is 0.313. The maximum absolute atomic E-state index is 4.24. The highest BCUT2D eigenvalue weighted by Gasteiger charge is 2.10. The van der Waals surface area contributed by atoms with Gasteiger partial charge in [0.1, 0.15) is 0 Å². The van der Waals surface area contributed by atoms with Crippen molar-refractivity contribution in [3.8, 4) is 0 Å². The summed E-state index contributed by atoms with van der Waals surface area (Å²) in [4.78, 5) is 0. The van der Waals surface area contributed by atoms with Crippen LogP contribution in [0.2, 0.25) is 0 Å². The number of hydrogen-bond donors (Lipinski definition) is 0. The van der Waals surface area contributed by atoms with Gasteiger partial charge < -0.3 is 0 Å². The Labute approximate surface area is 115 Å². The molecule has 0 heterocycles. The lowest BCUT2D eigenvalue weighted by atomic mass is 9.88. The van der Waals surface area contributed by atoms with Crippen molar-refractivity contribution in [1.29, 1.82) is 0 Å². The fourth-order valence-electron chi connectivity index (χ4n) is 1.90. The molecule has 2 aromatic rings. The third kappa shape index (κ3) is 4.66. The van der Waals surface area contributed by atoms with Crippen LogP contribution in [0.25, 0.3) is 0 Å². The largest absolute Gasteiger partial charge is 0.151 e. The highest BCUT2D eigenvalue weighted by molar-refractivity contribution is 5.41. The van der Waals surface area contributed by atoms with Gasteiger partial charge in [0.05, 0.1) is 11.4 Å². The highest BCUT2D eigenvalue weighted by atomic mass is 15.1. The number of nitrogens with zero attached hydrogens (tertiary/aromatic N) is 2. The van der Waals surface area contributed by atoms with E-state index in [1.165, 1.54) is 5.56 Å². The van der Waals surface area contributed by atoms with E-state index < -0.39 is 0 Å². The second-order valence-electron chi connectivity index (χ2n) is 5.94. The second-order valence-corrected chi connectivity index (χ2v) is 5.94. The summed E-state index contributed by atoms with van der Waals surface area (Å²) < 4.78 is 0. The molecule has 0 aromatic heterocycles. The molecule has 0 spiro atoms. The number of hydrogen-bond acceptors (Lipinski definition) is 2. The quantitative estimate of drug-likeness (QED) is 0.627. The molecule has 19 heavy (non-hydrogen) atoms. The van der Waals surface area contributed by atoms with Crippen LogP contribution in [0.1, 0.15) is 26.3 Å². The van der Waals surface area contributed by atoms with Crippen molar-refractivity contribution in [2.24, 2.45) is 15.6 Å². The van der Waals surface area contributed by atoms with E-state index in [2.05, 4.69) is 43.1 Å². The Morgan fingerprint density at radius 3 is 1.79 bits per heavy atom. The Morgan fingerprint density at radius 1 is 0.737 bits per heavy atom. The minimum absolute atomic E-state index is 0.313. The molecule has 0 N–H and O–H groups in total. The van der Waals surface area contributed by atoms with E-state index >= 15 is 0 Å². The van der Waals surface area contributed by atoms with Crippen LogP contribution in [0.3, 0.4) is 0 Å². The van der Waals surface area contributed by atoms with Crippen LogP contribution >= 0.6 is 0 Å². The van der Waals surface area contributed by atoms with E-state index in [0.29, 0.717) is 5.41 Å². The maximum atomic E-state index is 4.24. The average Bonchev–Trinajstić information content (AvgIpc) is 2.37. The van der Waals surface area contributed by atoms with E-state index in [1.54, 1.807) is 0 Å². The first-order valence-corrected chi connectivity index (χ1v) is 6.59. The molecule has 0 fully saturated rings. The van der Waals surface area contributed by atoms with Gasteiger partial charge in [-0.1, -0.05) is 51.1 Å². The number of azo groups is 1. The molecular weight excluding hydrogens is 232 g/mol. The Bertz CT molecular complexity index is 534. The molecule has 2 nitrogen and oxygen atoms in total. The number of rotatable bonds is 3. The van der Waals surface area contributed by atoms with E-state index in [9.17, 15) is 0 Å². The van der Waals surface area contributed by atoms with E-state index in [0.717, 1.165) is 17.8 Å². The Morgan fingerprint density at radius 2 is 1.26 bits per heavy atom. The first-order valence-electron chi connectivity index (χ1n) is 6.59. The van der Waals surface area contributed by atoms with Crippen molar-refractivity contribution in [2.75, 3.05) is 0 Å². The monoisotopic (exact) mass is 252 g/mol. The molecule has 0 bridgehead atoms. The molecule has 2 rings (SSSR count). The van der Waals surface area contributed by atoms with Crippen molar-refractivity contribution in [3.05, 3.63) is 60.2 Å². The lowest BCUT2D eigenvalue weighted by Crippen LogP contribution is -2.08. The van der Waals surface area contributed by atoms with Crippen LogP contribution in [0.15, 0.2) is 64.8 Å². The minimum Gasteiger partial charge on any atom is -0.151 e. The third-order valence-corrected chi connectivity index (χ3v) is 2.71. The molecular formula is C17H20N2. The third-order valence-electron chi connectivity index (χ3n) is 2.71. The van der Waals surface area contributed by atoms with Gasteiger partial charge in [-0.05, 0) is 41.7 Å². The molecule has 0 saturated carbocycles. The molecule has 0 unspecified atom stereocenters. The first kappa shape index (κ1) is 13.5. The normalized spacial score (nSPS) is 11.9. The van der Waals surface area contributed by atoms with E-state index in [-0.39, 0.29) is 0 Å². The topological polar surface area (TPSA) is 24.7 Å². The summed E-state index contributed by atoms with van der Waals surface area (Å²) in [6.07, 6.45) is 1.07. The van der Waals surface area contributed by atoms with Gasteiger partial charge in [-0.15, -0.1) is 0 Å². The summed E-state index contributed by atoms with van der Waals surface area (Å²) in [5.41, 5.74) is 3.42. The van der Waals surface area contributed by atoms with Crippen molar-refractivity contribution in [1.82, 2.24) is 0 Å². The molecule has 0 amide bonds. The first-order chi connectivity index (χ1) is 9.03. The zero-order valence-electron chi connectivity index (χ0n) is 11.8. The van der Waals surface area contributed by atoms with Crippen molar-refractivity contribution < 1.29 is 0 Å². The standard InChI is InChI=1S/C17H20N2/c1-17(2,3)13-14-9-11-16(12-10-14)19-18-15-7-5-4-6-8-15/h4-12H,13H2,1-3H3. The van der Waals surface area contributed by atoms with Gasteiger partial charge in [0.2, 0.25) is 0 Å². The fraction of sp³-hybridized carbons (Fsp3) is 0.294. The molecule has 0 aliphatic rings. The van der Waals surface area contributed by atoms with Gasteiger partial charge in [0, 0.05) is 0 Å². The van der Waals surface area contributed by atoms with Gasteiger partial charge in [-0.3, -0.25) is 0 Å². The summed E-state index contributed by atoms with van der Waals surface area (Å²) in [5.74, 6) is 0. The molecule has 0 aliphatic carbocycles. The fourth-order valence-corrected chi connectivity index (χ4v) is 1.90. The predicted molar refractivity (Wildman–Crippen MR) is 80.2 cm³/mol. The molecule has 0 radical (unpaired) electrons. The highest BCUT2D eigenvalue weighted by Crippen LogP contribution is 2.23. The average molecular weight is 252 g/mol. The van der Waals surface area contributed by atoms with E-state index in [1.807, 2.05) is 42.5 Å². The SMILES string of the molecule is CC(C)(C)Cc1ccc(N=Nc2ccccc2)cc1. The van der Waals surface area contributed by atoms with Crippen LogP contribution in [0.5, 0.6) is 0 Å². The van der Waals surface area contributed by atoms with Crippen LogP contribution in [-0.2, 0) is 6.42 Å². The van der Waals surface area contributed by atoms with Crippen molar-refractivity contribution in [2.45, 2.75) is 27.2 Å². The number of benzene rings is 2. The molecule has 2 aromatic carbocycles. The molecule has 0 atom stereocenters. The lowest BCUT2D eigenvalue weighted by molar-refractivity contribution is 0.411. The van der Waals surface area contributed by atoms with E-state index in [4.69, 9.17) is 0 Å². The molecule has 0 aliphatic heterocycles. The van der Waals surface area contributed by atoms with Crippen LogP contribution in [-0.4, -0.2) is 0 Å². The molecule has 98 valence electrons. The summed E-state index contributed by atoms with van der Waals surface area (Å²) >= 11 is 0. The van der Waals surface area contributed by atoms with Crippen molar-refractivity contribution in [3.63, 3.8) is 0 Å². The summed E-state index contributed by atoms with van der Waals surface area (Å²) in [6, 6.07) is 18.1. The maximum Gasteiger partial charge on any atom is 0.0857 e. The Kier molecular flexibility index (Phi) is 4.10. The van der Waals surface area contributed by atoms with Crippen LogP contribution < -0.4 is 0 Å². The summed E-state index contributed by atoms with van der Waals surface area (Å²) in [6.45, 7) is 6.74. The lowest BCUT2D eigenvalue weighted by Gasteiger charge is -2.17. The second kappa shape index (κ2) is 5.79. The molecule has 0 saturated heterocycles. The smallest absolute Gasteiger partial charge is 0.0857 e. The zero-order chi connectivity index (χ0) is 13.7. The van der Waals surface area contributed by atoms with Gasteiger partial charge in [0.25, 0.3) is 0 Å². The zero-order valence-corrected chi connectivity index (χ0v) is 11.8. The molecule has 2 heteroatoms. The van der Waals surface area contributed by atoms with Crippen molar-refractivity contribution >= 4 is 11.4 Å². The Balaban J connectivity index is 2.05. The van der Waals surface area contributed by atoms with Gasteiger partial charge in [0.15, 0.2) is 0 Å². The van der Waals surface area contributed by atoms with Crippen LogP contribution in [0, 0.1) is 5.41 Å². The van der Waals surface area contributed by atoms with Crippen LogP contribution in [0.4, 0.5) is 11.4 Å². The predicted octanol–water partition coefficient (Wildman–Crippen LogP) is 5.69. The van der Waals surface area contributed by atoms with Gasteiger partial charge in [-0.2, -0.15) is 10.2 Å². The summed E-state index contributed by atoms with van der Waals surface area (Å²) in [7, 11) is 0. The van der Waals surface area contributed by atoms with Gasteiger partial charge >= 0.3 is 0 Å². The Hall–Kier alpha value is -1.96.